The highest BCUT2D eigenvalue weighted by Crippen LogP contribution is 2.32. The van der Waals surface area contributed by atoms with Gasteiger partial charge in [0.1, 0.15) is 0 Å². The smallest absolute Gasteiger partial charge is 0.329 e. The van der Waals surface area contributed by atoms with Gasteiger partial charge >= 0.3 is 5.97 Å². The second-order valence-electron chi connectivity index (χ2n) is 4.29. The van der Waals surface area contributed by atoms with Crippen molar-refractivity contribution in [3.63, 3.8) is 0 Å². The Morgan fingerprint density at radius 1 is 1.57 bits per heavy atom. The largest absolute Gasteiger partial charge is 0.492 e. The molecule has 0 amide bonds. The van der Waals surface area contributed by atoms with Gasteiger partial charge in [0.15, 0.2) is 17.6 Å². The average Bonchev–Trinajstić information content (AvgIpc) is 2.42. The lowest BCUT2D eigenvalue weighted by Gasteiger charge is -2.22. The molecule has 0 saturated heterocycles. The van der Waals surface area contributed by atoms with Gasteiger partial charge in [0.25, 0.3) is 0 Å². The Balaban J connectivity index is 2.56. The number of hydrogen-bond donors (Lipinski definition) is 2. The maximum Gasteiger partial charge on any atom is 0.329 e. The molecule has 0 saturated carbocycles. The Kier molecular flexibility index (Phi) is 4.72. The quantitative estimate of drug-likeness (QED) is 0.576. The number of carboxylic acid groups (broad SMARTS) is 1. The first kappa shape index (κ1) is 16.0. The topological polar surface area (TPSA) is 84.9 Å². The molecule has 0 fully saturated rings. The summed E-state index contributed by atoms with van der Waals surface area (Å²) in [6, 6.07) is 1.80. The number of benzene rings is 1. The molecule has 1 aromatic rings. The predicted octanol–water partition coefficient (Wildman–Crippen LogP) is 2.39. The van der Waals surface area contributed by atoms with E-state index >= 15 is 0 Å². The van der Waals surface area contributed by atoms with Crippen LogP contribution in [0, 0.1) is 5.82 Å². The maximum atomic E-state index is 14.4. The number of ether oxygens (including phenoxy) is 1. The molecule has 0 bridgehead atoms. The summed E-state index contributed by atoms with van der Waals surface area (Å²) in [5, 5.41) is 9.29. The fraction of sp³-hybridized carbons (Fsp3) is 0.231. The molecule has 1 aliphatic rings. The van der Waals surface area contributed by atoms with Crippen LogP contribution in [0.1, 0.15) is 5.56 Å². The lowest BCUT2D eigenvalue weighted by Crippen LogP contribution is -2.36. The van der Waals surface area contributed by atoms with Crippen molar-refractivity contribution in [1.82, 2.24) is 0 Å². The number of methoxy groups -OCH3 is 1. The van der Waals surface area contributed by atoms with E-state index in [0.717, 1.165) is 0 Å². The molecule has 112 valence electrons. The van der Waals surface area contributed by atoms with Crippen molar-refractivity contribution < 1.29 is 19.0 Å². The Labute approximate surface area is 138 Å². The van der Waals surface area contributed by atoms with Crippen molar-refractivity contribution in [2.24, 2.45) is 10.7 Å². The van der Waals surface area contributed by atoms with E-state index in [1.165, 1.54) is 25.3 Å². The summed E-state index contributed by atoms with van der Waals surface area (Å²) in [5.74, 6) is -1.94. The maximum absolute atomic E-state index is 14.4. The molecule has 1 aromatic carbocycles. The molecule has 2 unspecified atom stereocenters. The van der Waals surface area contributed by atoms with Crippen LogP contribution in [0.3, 0.4) is 0 Å². The lowest BCUT2D eigenvalue weighted by molar-refractivity contribution is -0.138. The Hall–Kier alpha value is -1.35. The SMILES string of the molecule is COc1c(Cl)ccc(C2=NC(C(=O)O)C(I)C(N)=C2)c1F. The summed E-state index contributed by atoms with van der Waals surface area (Å²) in [5.41, 5.74) is 6.38. The first-order valence-electron chi connectivity index (χ1n) is 5.81. The number of aliphatic imine (C=N–C) groups is 1. The highest BCUT2D eigenvalue weighted by Gasteiger charge is 2.32. The van der Waals surface area contributed by atoms with E-state index in [9.17, 15) is 14.3 Å². The fourth-order valence-corrected chi connectivity index (χ4v) is 2.79. The lowest BCUT2D eigenvalue weighted by atomic mass is 10.0. The third-order valence-electron chi connectivity index (χ3n) is 2.96. The molecule has 5 nitrogen and oxygen atoms in total. The van der Waals surface area contributed by atoms with Gasteiger partial charge in [-0.1, -0.05) is 34.2 Å². The highest BCUT2D eigenvalue weighted by atomic mass is 127. The minimum atomic E-state index is -1.12. The number of rotatable bonds is 3. The van der Waals surface area contributed by atoms with Gasteiger partial charge in [-0.3, -0.25) is 4.99 Å². The van der Waals surface area contributed by atoms with Crippen LogP contribution in [-0.4, -0.2) is 33.9 Å². The van der Waals surface area contributed by atoms with E-state index in [0.29, 0.717) is 5.70 Å². The van der Waals surface area contributed by atoms with Gasteiger partial charge in [0.05, 0.1) is 21.8 Å². The van der Waals surface area contributed by atoms with E-state index < -0.39 is 21.8 Å². The van der Waals surface area contributed by atoms with Gasteiger partial charge in [0.2, 0.25) is 0 Å². The van der Waals surface area contributed by atoms with Crippen LogP contribution in [0.25, 0.3) is 0 Å². The van der Waals surface area contributed by atoms with E-state index in [1.54, 1.807) is 0 Å². The van der Waals surface area contributed by atoms with E-state index in [1.807, 2.05) is 22.6 Å². The van der Waals surface area contributed by atoms with E-state index in [4.69, 9.17) is 22.1 Å². The number of aliphatic carboxylic acids is 1. The normalized spacial score (nSPS) is 21.5. The summed E-state index contributed by atoms with van der Waals surface area (Å²) >= 11 is 7.73. The number of dihydropyridines is 1. The Morgan fingerprint density at radius 2 is 2.24 bits per heavy atom. The summed E-state index contributed by atoms with van der Waals surface area (Å²) in [6.07, 6.45) is 1.46. The number of alkyl halides is 1. The minimum absolute atomic E-state index is 0.0914. The molecule has 2 atom stereocenters. The van der Waals surface area contributed by atoms with Crippen LogP contribution in [0.4, 0.5) is 4.39 Å². The zero-order valence-electron chi connectivity index (χ0n) is 10.8. The highest BCUT2D eigenvalue weighted by molar-refractivity contribution is 14.1. The molecule has 0 spiro atoms. The standard InChI is InChI=1S/C13H11ClFIN2O3/c1-21-12-6(14)3-2-5(9(12)15)8-4-7(17)10(16)11(18-8)13(19)20/h2-4,10-11H,17H2,1H3,(H,19,20). The van der Waals surface area contributed by atoms with Crippen LogP contribution in [0.2, 0.25) is 5.02 Å². The first-order chi connectivity index (χ1) is 9.86. The summed E-state index contributed by atoms with van der Waals surface area (Å²) in [6.45, 7) is 0. The fourth-order valence-electron chi connectivity index (χ4n) is 1.92. The number of nitrogens with two attached hydrogens (primary N) is 1. The van der Waals surface area contributed by atoms with Crippen molar-refractivity contribution in [2.45, 2.75) is 9.97 Å². The van der Waals surface area contributed by atoms with Crippen molar-refractivity contribution in [2.75, 3.05) is 7.11 Å². The molecule has 1 aliphatic heterocycles. The van der Waals surface area contributed by atoms with Gasteiger partial charge in [-0.25, -0.2) is 9.18 Å². The molecule has 21 heavy (non-hydrogen) atoms. The van der Waals surface area contributed by atoms with Gasteiger partial charge in [0, 0.05) is 11.3 Å². The third kappa shape index (κ3) is 2.98. The molecule has 0 radical (unpaired) electrons. The molecule has 2 rings (SSSR count). The molecule has 8 heteroatoms. The minimum Gasteiger partial charge on any atom is -0.492 e. The molecule has 0 aromatic heterocycles. The van der Waals surface area contributed by atoms with Crippen LogP contribution in [0.5, 0.6) is 5.75 Å². The summed E-state index contributed by atoms with van der Waals surface area (Å²) < 4.78 is 18.8. The van der Waals surface area contributed by atoms with Crippen LogP contribution < -0.4 is 10.5 Å². The Morgan fingerprint density at radius 3 is 2.81 bits per heavy atom. The van der Waals surface area contributed by atoms with Crippen LogP contribution in [-0.2, 0) is 4.79 Å². The van der Waals surface area contributed by atoms with Gasteiger partial charge < -0.3 is 15.6 Å². The number of nitrogens with zero attached hydrogens (tertiary/aromatic N) is 1. The van der Waals surface area contributed by atoms with Gasteiger partial charge in [-0.2, -0.15) is 0 Å². The predicted molar refractivity (Wildman–Crippen MR) is 86.0 cm³/mol. The molecule has 3 N–H and O–H groups in total. The number of halogens is 3. The number of allylic oxidation sites excluding steroid dienone is 1. The number of carboxylic acids is 1. The molecule has 1 heterocycles. The second-order valence-corrected chi connectivity index (χ2v) is 6.03. The van der Waals surface area contributed by atoms with Crippen molar-refractivity contribution in [3.05, 3.63) is 40.3 Å². The van der Waals surface area contributed by atoms with Crippen molar-refractivity contribution >= 4 is 45.9 Å². The number of carbonyl (C=O) groups is 1. The first-order valence-corrected chi connectivity index (χ1v) is 7.43. The van der Waals surface area contributed by atoms with Crippen LogP contribution >= 0.6 is 34.2 Å². The second kappa shape index (κ2) is 6.18. The number of hydrogen-bond acceptors (Lipinski definition) is 4. The molecular formula is C13H11ClFIN2O3. The zero-order valence-corrected chi connectivity index (χ0v) is 13.7. The van der Waals surface area contributed by atoms with Gasteiger partial charge in [-0.05, 0) is 18.2 Å². The third-order valence-corrected chi connectivity index (χ3v) is 4.66. The monoisotopic (exact) mass is 424 g/mol. The van der Waals surface area contributed by atoms with E-state index in [-0.39, 0.29) is 22.0 Å². The summed E-state index contributed by atoms with van der Waals surface area (Å²) in [4.78, 5) is 15.3. The summed E-state index contributed by atoms with van der Waals surface area (Å²) in [7, 11) is 1.29. The van der Waals surface area contributed by atoms with Crippen LogP contribution in [0.15, 0.2) is 28.9 Å². The van der Waals surface area contributed by atoms with Gasteiger partial charge in [-0.15, -0.1) is 0 Å². The van der Waals surface area contributed by atoms with Crippen molar-refractivity contribution in [1.29, 1.82) is 0 Å². The average molecular weight is 425 g/mol. The Bertz CT molecular complexity index is 663. The van der Waals surface area contributed by atoms with Crippen molar-refractivity contribution in [3.8, 4) is 5.75 Å². The molecular weight excluding hydrogens is 414 g/mol. The van der Waals surface area contributed by atoms with E-state index in [2.05, 4.69) is 4.99 Å². The zero-order chi connectivity index (χ0) is 15.7. The molecule has 0 aliphatic carbocycles.